The Morgan fingerprint density at radius 1 is 0.822 bits per heavy atom. The lowest BCUT2D eigenvalue weighted by Gasteiger charge is -2.49. The fourth-order valence-electron chi connectivity index (χ4n) is 7.60. The standard InChI is InChI=1S/C39H44ClNO4/c1-7-16-41-29-19-38(3,4)21-31(42)35(29)34(36-30(41)20-39(5,6)22-32(36)43)26-17-28(40)37(33(18-26)44-8-2)45-23-25-14-11-13-24-12-9-10-15-27(24)25/h9-15,17-18,34H,7-8,16,19-23H2,1-6H3. The maximum absolute atomic E-state index is 14.1. The van der Waals surface area contributed by atoms with Gasteiger partial charge in [-0.3, -0.25) is 9.59 Å². The predicted molar refractivity (Wildman–Crippen MR) is 181 cm³/mol. The molecule has 6 heteroatoms. The number of benzene rings is 3. The summed E-state index contributed by atoms with van der Waals surface area (Å²) < 4.78 is 12.5. The molecule has 2 aliphatic carbocycles. The van der Waals surface area contributed by atoms with E-state index >= 15 is 0 Å². The number of ether oxygens (including phenoxy) is 2. The number of carbonyl (C=O) groups excluding carboxylic acids is 2. The van der Waals surface area contributed by atoms with Gasteiger partial charge in [0, 0.05) is 47.8 Å². The van der Waals surface area contributed by atoms with Gasteiger partial charge in [0.15, 0.2) is 23.1 Å². The molecule has 0 atom stereocenters. The normalized spacial score (nSPS) is 19.6. The second-order valence-electron chi connectivity index (χ2n) is 14.4. The Morgan fingerprint density at radius 2 is 1.44 bits per heavy atom. The molecule has 0 bridgehead atoms. The summed E-state index contributed by atoms with van der Waals surface area (Å²) >= 11 is 7.05. The summed E-state index contributed by atoms with van der Waals surface area (Å²) in [5.41, 5.74) is 5.16. The monoisotopic (exact) mass is 625 g/mol. The lowest BCUT2D eigenvalue weighted by Crippen LogP contribution is -2.44. The summed E-state index contributed by atoms with van der Waals surface area (Å²) in [5.74, 6) is 0.727. The van der Waals surface area contributed by atoms with Crippen LogP contribution in [0.3, 0.4) is 0 Å². The number of ketones is 2. The van der Waals surface area contributed by atoms with Gasteiger partial charge >= 0.3 is 0 Å². The number of hydrogen-bond donors (Lipinski definition) is 0. The van der Waals surface area contributed by atoms with Crippen LogP contribution in [0.15, 0.2) is 77.1 Å². The largest absolute Gasteiger partial charge is 0.490 e. The fraction of sp³-hybridized carbons (Fsp3) is 0.436. The van der Waals surface area contributed by atoms with Crippen molar-refractivity contribution in [3.63, 3.8) is 0 Å². The highest BCUT2D eigenvalue weighted by Gasteiger charge is 2.49. The Bertz CT molecular complexity index is 1690. The minimum atomic E-state index is -0.487. The number of halogens is 1. The fourth-order valence-corrected chi connectivity index (χ4v) is 7.87. The zero-order valence-corrected chi connectivity index (χ0v) is 28.1. The molecule has 0 saturated heterocycles. The zero-order valence-electron chi connectivity index (χ0n) is 27.4. The number of allylic oxidation sites excluding steroid dienone is 4. The van der Waals surface area contributed by atoms with E-state index in [1.54, 1.807) is 0 Å². The first-order chi connectivity index (χ1) is 21.4. The van der Waals surface area contributed by atoms with Gasteiger partial charge in [-0.15, -0.1) is 0 Å². The van der Waals surface area contributed by atoms with Crippen molar-refractivity contribution in [3.05, 3.63) is 93.3 Å². The van der Waals surface area contributed by atoms with E-state index in [1.807, 2.05) is 37.3 Å². The van der Waals surface area contributed by atoms with E-state index in [-0.39, 0.29) is 22.4 Å². The molecule has 0 saturated carbocycles. The molecule has 0 unspecified atom stereocenters. The van der Waals surface area contributed by atoms with Crippen LogP contribution in [0, 0.1) is 10.8 Å². The smallest absolute Gasteiger partial charge is 0.180 e. The Hall–Kier alpha value is -3.57. The Morgan fingerprint density at radius 3 is 2.07 bits per heavy atom. The van der Waals surface area contributed by atoms with Crippen molar-refractivity contribution >= 4 is 33.9 Å². The van der Waals surface area contributed by atoms with Gasteiger partial charge < -0.3 is 14.4 Å². The molecule has 0 spiro atoms. The lowest BCUT2D eigenvalue weighted by molar-refractivity contribution is -0.119. The van der Waals surface area contributed by atoms with E-state index in [4.69, 9.17) is 21.1 Å². The molecule has 0 aromatic heterocycles. The van der Waals surface area contributed by atoms with Gasteiger partial charge in [-0.1, -0.05) is 88.7 Å². The number of fused-ring (bicyclic) bond motifs is 1. The van der Waals surface area contributed by atoms with Crippen LogP contribution in [-0.2, 0) is 16.2 Å². The summed E-state index contributed by atoms with van der Waals surface area (Å²) in [6.07, 6.45) is 3.39. The molecule has 1 aliphatic heterocycles. The average Bonchev–Trinajstić information content (AvgIpc) is 2.96. The molecule has 0 amide bonds. The second-order valence-corrected chi connectivity index (χ2v) is 14.8. The molecule has 3 aliphatic rings. The molecule has 1 heterocycles. The highest BCUT2D eigenvalue weighted by Crippen LogP contribution is 2.55. The molecule has 5 nitrogen and oxygen atoms in total. The minimum Gasteiger partial charge on any atom is -0.490 e. The van der Waals surface area contributed by atoms with Gasteiger partial charge in [-0.25, -0.2) is 0 Å². The van der Waals surface area contributed by atoms with Crippen LogP contribution in [0.5, 0.6) is 11.5 Å². The molecule has 0 fully saturated rings. The third-order valence-corrected chi connectivity index (χ3v) is 9.67. The number of Topliss-reactive ketones (excluding diaryl/α,β-unsaturated/α-hetero) is 2. The quantitative estimate of drug-likeness (QED) is 0.249. The van der Waals surface area contributed by atoms with Crippen LogP contribution < -0.4 is 9.47 Å². The van der Waals surface area contributed by atoms with Crippen LogP contribution in [0.1, 0.15) is 90.7 Å². The molecule has 6 rings (SSSR count). The van der Waals surface area contributed by atoms with Gasteiger partial charge in [0.1, 0.15) is 6.61 Å². The van der Waals surface area contributed by atoms with E-state index in [2.05, 4.69) is 63.8 Å². The topological polar surface area (TPSA) is 55.8 Å². The van der Waals surface area contributed by atoms with Gasteiger partial charge in [0.05, 0.1) is 11.6 Å². The van der Waals surface area contributed by atoms with E-state index < -0.39 is 5.92 Å². The summed E-state index contributed by atoms with van der Waals surface area (Å²) in [6.45, 7) is 14.3. The zero-order chi connectivity index (χ0) is 32.1. The predicted octanol–water partition coefficient (Wildman–Crippen LogP) is 9.57. The van der Waals surface area contributed by atoms with Crippen LogP contribution in [0.4, 0.5) is 0 Å². The van der Waals surface area contributed by atoms with Crippen molar-refractivity contribution in [3.8, 4) is 11.5 Å². The molecular formula is C39H44ClNO4. The molecule has 236 valence electrons. The first-order valence-corrected chi connectivity index (χ1v) is 16.7. The van der Waals surface area contributed by atoms with Crippen LogP contribution in [-0.4, -0.2) is 29.6 Å². The highest BCUT2D eigenvalue weighted by atomic mass is 35.5. The van der Waals surface area contributed by atoms with Gasteiger partial charge in [-0.05, 0) is 71.0 Å². The SMILES string of the molecule is CCCN1C2=C(C(=O)CC(C)(C)C2)C(c2cc(Cl)c(OCc3cccc4ccccc34)c(OCC)c2)C2=C1CC(C)(C)CC2=O. The molecule has 3 aromatic rings. The summed E-state index contributed by atoms with van der Waals surface area (Å²) in [7, 11) is 0. The maximum Gasteiger partial charge on any atom is 0.180 e. The van der Waals surface area contributed by atoms with Gasteiger partial charge in [0.2, 0.25) is 0 Å². The van der Waals surface area contributed by atoms with E-state index in [9.17, 15) is 9.59 Å². The minimum absolute atomic E-state index is 0.113. The molecule has 0 N–H and O–H groups in total. The molecule has 0 radical (unpaired) electrons. The Balaban J connectivity index is 1.48. The van der Waals surface area contributed by atoms with Crippen LogP contribution >= 0.6 is 11.6 Å². The summed E-state index contributed by atoms with van der Waals surface area (Å²) in [5, 5.41) is 2.68. The van der Waals surface area contributed by atoms with E-state index in [1.165, 1.54) is 0 Å². The van der Waals surface area contributed by atoms with Crippen molar-refractivity contribution in [1.82, 2.24) is 4.90 Å². The van der Waals surface area contributed by atoms with Gasteiger partial charge in [0.25, 0.3) is 0 Å². The van der Waals surface area contributed by atoms with Crippen LogP contribution in [0.25, 0.3) is 10.8 Å². The lowest BCUT2D eigenvalue weighted by atomic mass is 9.63. The summed E-state index contributed by atoms with van der Waals surface area (Å²) in [4.78, 5) is 30.5. The van der Waals surface area contributed by atoms with E-state index in [0.717, 1.165) is 70.2 Å². The third kappa shape index (κ3) is 5.92. The van der Waals surface area contributed by atoms with Crippen LogP contribution in [0.2, 0.25) is 5.02 Å². The first kappa shape index (κ1) is 31.4. The Labute approximate surface area is 272 Å². The maximum atomic E-state index is 14.1. The average molecular weight is 626 g/mol. The number of carbonyl (C=O) groups is 2. The van der Waals surface area contributed by atoms with Gasteiger partial charge in [-0.2, -0.15) is 0 Å². The number of rotatable bonds is 8. The highest BCUT2D eigenvalue weighted by molar-refractivity contribution is 6.32. The first-order valence-electron chi connectivity index (χ1n) is 16.3. The van der Waals surface area contributed by atoms with Crippen molar-refractivity contribution in [2.24, 2.45) is 10.8 Å². The van der Waals surface area contributed by atoms with Crippen molar-refractivity contribution in [1.29, 1.82) is 0 Å². The van der Waals surface area contributed by atoms with Crippen molar-refractivity contribution in [2.45, 2.75) is 86.2 Å². The second kappa shape index (κ2) is 12.0. The molecular weight excluding hydrogens is 582 g/mol. The summed E-state index contributed by atoms with van der Waals surface area (Å²) in [6, 6.07) is 18.2. The molecule has 3 aromatic carbocycles. The van der Waals surface area contributed by atoms with Crippen molar-refractivity contribution in [2.75, 3.05) is 13.2 Å². The molecule has 45 heavy (non-hydrogen) atoms. The number of nitrogens with zero attached hydrogens (tertiary/aromatic N) is 1. The Kier molecular flexibility index (Phi) is 8.36. The number of hydrogen-bond acceptors (Lipinski definition) is 5. The van der Waals surface area contributed by atoms with Crippen molar-refractivity contribution < 1.29 is 19.1 Å². The van der Waals surface area contributed by atoms with E-state index in [0.29, 0.717) is 42.6 Å². The third-order valence-electron chi connectivity index (χ3n) is 9.39.